The summed E-state index contributed by atoms with van der Waals surface area (Å²) in [4.78, 5) is 17.6. The summed E-state index contributed by atoms with van der Waals surface area (Å²) in [7, 11) is 0. The summed E-state index contributed by atoms with van der Waals surface area (Å²) in [5.74, 6) is 1.27. The second-order valence-electron chi connectivity index (χ2n) is 4.02. The number of carbonyl (C=O) groups is 1. The zero-order valence-electron chi connectivity index (χ0n) is 9.03. The van der Waals surface area contributed by atoms with Crippen LogP contribution in [0.5, 0.6) is 0 Å². The number of amides is 1. The molecular formula is C10H17N3O2. The average Bonchev–Trinajstić information content (AvgIpc) is 2.53. The van der Waals surface area contributed by atoms with E-state index in [0.717, 1.165) is 12.2 Å². The van der Waals surface area contributed by atoms with Gasteiger partial charge in [-0.2, -0.15) is 0 Å². The molecule has 0 saturated heterocycles. The van der Waals surface area contributed by atoms with Gasteiger partial charge >= 0.3 is 6.09 Å². The number of nitrogens with one attached hydrogen (secondary N) is 2. The van der Waals surface area contributed by atoms with Crippen LogP contribution < -0.4 is 5.32 Å². The molecule has 1 rings (SSSR count). The second-order valence-corrected chi connectivity index (χ2v) is 4.02. The fourth-order valence-electron chi connectivity index (χ4n) is 1.58. The highest BCUT2D eigenvalue weighted by Gasteiger charge is 2.14. The molecule has 0 aliphatic rings. The van der Waals surface area contributed by atoms with E-state index in [1.807, 2.05) is 0 Å². The molecule has 1 amide bonds. The number of nitrogens with zero attached hydrogens (tertiary/aromatic N) is 1. The van der Waals surface area contributed by atoms with Crippen molar-refractivity contribution in [2.45, 2.75) is 32.7 Å². The molecule has 0 fully saturated rings. The second kappa shape index (κ2) is 5.38. The predicted octanol–water partition coefficient (Wildman–Crippen LogP) is 1.63. The summed E-state index contributed by atoms with van der Waals surface area (Å²) in [6.45, 7) is 4.14. The van der Waals surface area contributed by atoms with Gasteiger partial charge in [0.15, 0.2) is 0 Å². The lowest BCUT2D eigenvalue weighted by Crippen LogP contribution is -2.36. The van der Waals surface area contributed by atoms with Gasteiger partial charge in [0.1, 0.15) is 5.82 Å². The Kier molecular flexibility index (Phi) is 4.15. The van der Waals surface area contributed by atoms with Crippen molar-refractivity contribution < 1.29 is 9.90 Å². The first-order valence-electron chi connectivity index (χ1n) is 5.05. The number of aromatic nitrogens is 2. The number of imidazole rings is 1. The SMILES string of the molecule is CC(C)CC(Cc1ncc[nH]1)NC(=O)O. The lowest BCUT2D eigenvalue weighted by Gasteiger charge is -2.17. The monoisotopic (exact) mass is 211 g/mol. The van der Waals surface area contributed by atoms with Crippen molar-refractivity contribution in [2.75, 3.05) is 0 Å². The highest BCUT2D eigenvalue weighted by atomic mass is 16.4. The molecule has 1 aromatic heterocycles. The Labute approximate surface area is 88.9 Å². The molecule has 84 valence electrons. The van der Waals surface area contributed by atoms with Crippen LogP contribution in [0, 0.1) is 5.92 Å². The van der Waals surface area contributed by atoms with Gasteiger partial charge < -0.3 is 15.4 Å². The summed E-state index contributed by atoms with van der Waals surface area (Å²) in [6.07, 6.45) is 3.85. The molecule has 5 heteroatoms. The van der Waals surface area contributed by atoms with E-state index in [1.54, 1.807) is 12.4 Å². The van der Waals surface area contributed by atoms with Crippen LogP contribution in [0.4, 0.5) is 4.79 Å². The Morgan fingerprint density at radius 1 is 1.67 bits per heavy atom. The maximum absolute atomic E-state index is 10.6. The minimum absolute atomic E-state index is 0.0753. The summed E-state index contributed by atoms with van der Waals surface area (Å²) in [5, 5.41) is 11.2. The van der Waals surface area contributed by atoms with Crippen molar-refractivity contribution >= 4 is 6.09 Å². The van der Waals surface area contributed by atoms with Crippen LogP contribution in [-0.2, 0) is 6.42 Å². The molecule has 0 radical (unpaired) electrons. The lowest BCUT2D eigenvalue weighted by molar-refractivity contribution is 0.187. The Morgan fingerprint density at radius 3 is 2.87 bits per heavy atom. The Balaban J connectivity index is 2.52. The van der Waals surface area contributed by atoms with Crippen molar-refractivity contribution in [3.63, 3.8) is 0 Å². The fourth-order valence-corrected chi connectivity index (χ4v) is 1.58. The average molecular weight is 211 g/mol. The molecule has 0 bridgehead atoms. The van der Waals surface area contributed by atoms with Gasteiger partial charge in [0.25, 0.3) is 0 Å². The van der Waals surface area contributed by atoms with Crippen molar-refractivity contribution in [2.24, 2.45) is 5.92 Å². The van der Waals surface area contributed by atoms with Crippen LogP contribution in [0.1, 0.15) is 26.1 Å². The summed E-state index contributed by atoms with van der Waals surface area (Å²) in [6, 6.07) is -0.0753. The molecular weight excluding hydrogens is 194 g/mol. The smallest absolute Gasteiger partial charge is 0.404 e. The van der Waals surface area contributed by atoms with Crippen molar-refractivity contribution in [1.29, 1.82) is 0 Å². The number of rotatable bonds is 5. The molecule has 1 heterocycles. The maximum Gasteiger partial charge on any atom is 0.404 e. The van der Waals surface area contributed by atoms with Crippen LogP contribution in [-0.4, -0.2) is 27.2 Å². The van der Waals surface area contributed by atoms with Crippen LogP contribution in [0.25, 0.3) is 0 Å². The molecule has 0 saturated carbocycles. The third-order valence-corrected chi connectivity index (χ3v) is 2.08. The number of hydrogen-bond donors (Lipinski definition) is 3. The number of H-pyrrole nitrogens is 1. The molecule has 0 aliphatic carbocycles. The van der Waals surface area contributed by atoms with Gasteiger partial charge in [-0.05, 0) is 12.3 Å². The number of carboxylic acid groups (broad SMARTS) is 1. The minimum atomic E-state index is -0.979. The first kappa shape index (κ1) is 11.6. The van der Waals surface area contributed by atoms with Gasteiger partial charge in [-0.25, -0.2) is 9.78 Å². The van der Waals surface area contributed by atoms with Crippen molar-refractivity contribution in [3.05, 3.63) is 18.2 Å². The number of hydrogen-bond acceptors (Lipinski definition) is 2. The Bertz CT molecular complexity index is 296. The Morgan fingerprint density at radius 2 is 2.40 bits per heavy atom. The zero-order chi connectivity index (χ0) is 11.3. The van der Waals surface area contributed by atoms with Gasteiger partial charge in [-0.1, -0.05) is 13.8 Å². The first-order chi connectivity index (χ1) is 7.08. The third kappa shape index (κ3) is 4.49. The molecule has 1 atom stereocenters. The zero-order valence-corrected chi connectivity index (χ0v) is 9.03. The van der Waals surface area contributed by atoms with Crippen LogP contribution in [0.2, 0.25) is 0 Å². The maximum atomic E-state index is 10.6. The van der Waals surface area contributed by atoms with E-state index in [1.165, 1.54) is 0 Å². The summed E-state index contributed by atoms with van der Waals surface area (Å²) >= 11 is 0. The molecule has 15 heavy (non-hydrogen) atoms. The Hall–Kier alpha value is -1.52. The molecule has 3 N–H and O–H groups in total. The van der Waals surface area contributed by atoms with Gasteiger partial charge in [-0.3, -0.25) is 0 Å². The highest BCUT2D eigenvalue weighted by Crippen LogP contribution is 2.08. The van der Waals surface area contributed by atoms with Crippen molar-refractivity contribution in [1.82, 2.24) is 15.3 Å². The predicted molar refractivity (Wildman–Crippen MR) is 56.7 cm³/mol. The summed E-state index contributed by atoms with van der Waals surface area (Å²) in [5.41, 5.74) is 0. The lowest BCUT2D eigenvalue weighted by atomic mass is 10.0. The molecule has 0 spiro atoms. The standard InChI is InChI=1S/C10H17N3O2/c1-7(2)5-8(13-10(14)15)6-9-11-3-4-12-9/h3-4,7-8,13H,5-6H2,1-2H3,(H,11,12)(H,14,15). The van der Waals surface area contributed by atoms with E-state index < -0.39 is 6.09 Å². The van der Waals surface area contributed by atoms with Crippen LogP contribution >= 0.6 is 0 Å². The normalized spacial score (nSPS) is 12.7. The van der Waals surface area contributed by atoms with Gasteiger partial charge in [0.2, 0.25) is 0 Å². The minimum Gasteiger partial charge on any atom is -0.465 e. The van der Waals surface area contributed by atoms with Crippen molar-refractivity contribution in [3.8, 4) is 0 Å². The fraction of sp³-hybridized carbons (Fsp3) is 0.600. The van der Waals surface area contributed by atoms with E-state index >= 15 is 0 Å². The van der Waals surface area contributed by atoms with E-state index in [0.29, 0.717) is 12.3 Å². The summed E-state index contributed by atoms with van der Waals surface area (Å²) < 4.78 is 0. The highest BCUT2D eigenvalue weighted by molar-refractivity contribution is 5.64. The quantitative estimate of drug-likeness (QED) is 0.692. The first-order valence-corrected chi connectivity index (χ1v) is 5.05. The number of aromatic amines is 1. The van der Waals surface area contributed by atoms with E-state index in [4.69, 9.17) is 5.11 Å². The molecule has 5 nitrogen and oxygen atoms in total. The molecule has 0 aromatic carbocycles. The van der Waals surface area contributed by atoms with Crippen LogP contribution in [0.3, 0.4) is 0 Å². The molecule has 0 aliphatic heterocycles. The van der Waals surface area contributed by atoms with E-state index in [9.17, 15) is 4.79 Å². The third-order valence-electron chi connectivity index (χ3n) is 2.08. The van der Waals surface area contributed by atoms with Crippen LogP contribution in [0.15, 0.2) is 12.4 Å². The van der Waals surface area contributed by atoms with E-state index in [-0.39, 0.29) is 6.04 Å². The van der Waals surface area contributed by atoms with Gasteiger partial charge in [-0.15, -0.1) is 0 Å². The largest absolute Gasteiger partial charge is 0.465 e. The topological polar surface area (TPSA) is 78.0 Å². The molecule has 1 unspecified atom stereocenters. The molecule has 1 aromatic rings. The van der Waals surface area contributed by atoms with Gasteiger partial charge in [0, 0.05) is 24.9 Å². The van der Waals surface area contributed by atoms with E-state index in [2.05, 4.69) is 29.1 Å². The van der Waals surface area contributed by atoms with Gasteiger partial charge in [0.05, 0.1) is 0 Å².